The molecule has 1 aromatic rings. The molecule has 0 amide bonds. The highest BCUT2D eigenvalue weighted by atomic mass is 127. The summed E-state index contributed by atoms with van der Waals surface area (Å²) in [4.78, 5) is 0. The Kier molecular flexibility index (Phi) is 3.43. The molecule has 1 N–H and O–H groups in total. The van der Waals surface area contributed by atoms with Crippen LogP contribution in [0.5, 0.6) is 5.75 Å². The molecule has 0 fully saturated rings. The summed E-state index contributed by atoms with van der Waals surface area (Å²) >= 11 is 1.71. The van der Waals surface area contributed by atoms with Gasteiger partial charge in [-0.2, -0.15) is 0 Å². The van der Waals surface area contributed by atoms with E-state index in [1.165, 1.54) is 13.2 Å². The zero-order chi connectivity index (χ0) is 10.0. The Balaban J connectivity index is 3.39. The fourth-order valence-corrected chi connectivity index (χ4v) is 1.55. The lowest BCUT2D eigenvalue weighted by atomic mass is 10.2. The molecule has 2 nitrogen and oxygen atoms in total. The monoisotopic (exact) mass is 300 g/mol. The molecule has 0 aliphatic heterocycles. The number of halogens is 3. The second kappa shape index (κ2) is 4.19. The summed E-state index contributed by atoms with van der Waals surface area (Å²) in [6.45, 7) is -0.474. The van der Waals surface area contributed by atoms with Gasteiger partial charge in [-0.15, -0.1) is 0 Å². The first kappa shape index (κ1) is 10.6. The fraction of sp³-hybridized carbons (Fsp3) is 0.250. The molecule has 0 aromatic heterocycles. The van der Waals surface area contributed by atoms with Gasteiger partial charge in [0, 0.05) is 5.56 Å². The summed E-state index contributed by atoms with van der Waals surface area (Å²) in [5.74, 6) is -2.03. The summed E-state index contributed by atoms with van der Waals surface area (Å²) in [5, 5.41) is 8.73. The number of aliphatic hydroxyl groups is 1. The summed E-state index contributed by atoms with van der Waals surface area (Å²) in [7, 11) is 1.18. The molecule has 5 heteroatoms. The van der Waals surface area contributed by atoms with E-state index < -0.39 is 24.0 Å². The van der Waals surface area contributed by atoms with E-state index in [1.807, 2.05) is 0 Å². The quantitative estimate of drug-likeness (QED) is 0.669. The zero-order valence-electron chi connectivity index (χ0n) is 6.77. The van der Waals surface area contributed by atoms with Gasteiger partial charge in [0.2, 0.25) is 0 Å². The standard InChI is InChI=1S/C8H7F2IO2/c1-13-8-6(9)4(3-12)2-5(11)7(8)10/h2,12H,3H2,1H3. The molecule has 0 unspecified atom stereocenters. The maximum atomic E-state index is 13.2. The van der Waals surface area contributed by atoms with Crippen molar-refractivity contribution in [1.82, 2.24) is 0 Å². The van der Waals surface area contributed by atoms with Crippen LogP contribution < -0.4 is 4.74 Å². The Bertz CT molecular complexity index is 328. The van der Waals surface area contributed by atoms with E-state index in [0.717, 1.165) is 0 Å². The number of ether oxygens (including phenoxy) is 1. The second-order valence-corrected chi connectivity index (χ2v) is 3.50. The van der Waals surface area contributed by atoms with Crippen LogP contribution in [0.4, 0.5) is 8.78 Å². The van der Waals surface area contributed by atoms with Crippen molar-refractivity contribution in [3.8, 4) is 5.75 Å². The van der Waals surface area contributed by atoms with Gasteiger partial charge in [-0.3, -0.25) is 0 Å². The number of hydrogen-bond acceptors (Lipinski definition) is 2. The molecule has 0 bridgehead atoms. The minimum absolute atomic E-state index is 0.0302. The summed E-state index contributed by atoms with van der Waals surface area (Å²) in [6.07, 6.45) is 0. The van der Waals surface area contributed by atoms with Gasteiger partial charge in [0.05, 0.1) is 17.3 Å². The highest BCUT2D eigenvalue weighted by Crippen LogP contribution is 2.28. The van der Waals surface area contributed by atoms with Crippen molar-refractivity contribution in [3.05, 3.63) is 26.8 Å². The van der Waals surface area contributed by atoms with Gasteiger partial charge in [-0.05, 0) is 28.7 Å². The molecule has 1 rings (SSSR count). The maximum Gasteiger partial charge on any atom is 0.191 e. The number of hydrogen-bond donors (Lipinski definition) is 1. The second-order valence-electron chi connectivity index (χ2n) is 2.34. The van der Waals surface area contributed by atoms with Crippen LogP contribution in [-0.4, -0.2) is 12.2 Å². The van der Waals surface area contributed by atoms with Crippen LogP contribution in [0.1, 0.15) is 5.56 Å². The minimum atomic E-state index is -0.845. The molecule has 0 radical (unpaired) electrons. The van der Waals surface area contributed by atoms with E-state index in [1.54, 1.807) is 22.6 Å². The number of rotatable bonds is 2. The topological polar surface area (TPSA) is 29.5 Å². The molecule has 0 saturated heterocycles. The molecule has 0 heterocycles. The van der Waals surface area contributed by atoms with Gasteiger partial charge in [-0.25, -0.2) is 8.78 Å². The Hall–Kier alpha value is -0.430. The van der Waals surface area contributed by atoms with Gasteiger partial charge in [-0.1, -0.05) is 0 Å². The lowest BCUT2D eigenvalue weighted by Crippen LogP contribution is -2.00. The summed E-state index contributed by atoms with van der Waals surface area (Å²) < 4.78 is 31.1. The molecule has 0 spiro atoms. The maximum absolute atomic E-state index is 13.2. The van der Waals surface area contributed by atoms with Crippen LogP contribution in [0.15, 0.2) is 6.07 Å². The highest BCUT2D eigenvalue weighted by Gasteiger charge is 2.17. The Morgan fingerprint density at radius 3 is 2.54 bits per heavy atom. The van der Waals surface area contributed by atoms with E-state index in [0.29, 0.717) is 0 Å². The first-order valence-corrected chi connectivity index (χ1v) is 4.51. The van der Waals surface area contributed by atoms with Crippen molar-refractivity contribution in [1.29, 1.82) is 0 Å². The van der Waals surface area contributed by atoms with Crippen molar-refractivity contribution in [2.45, 2.75) is 6.61 Å². The molecular weight excluding hydrogens is 293 g/mol. The molecule has 0 aliphatic rings. The smallest absolute Gasteiger partial charge is 0.191 e. The summed E-state index contributed by atoms with van der Waals surface area (Å²) in [5.41, 5.74) is 0.0302. The molecule has 13 heavy (non-hydrogen) atoms. The molecule has 72 valence electrons. The van der Waals surface area contributed by atoms with Gasteiger partial charge >= 0.3 is 0 Å². The van der Waals surface area contributed by atoms with Gasteiger partial charge in [0.1, 0.15) is 0 Å². The van der Waals surface area contributed by atoms with Crippen LogP contribution >= 0.6 is 22.6 Å². The van der Waals surface area contributed by atoms with E-state index >= 15 is 0 Å². The van der Waals surface area contributed by atoms with Gasteiger partial charge < -0.3 is 9.84 Å². The largest absolute Gasteiger partial charge is 0.491 e. The third kappa shape index (κ3) is 1.91. The first-order chi connectivity index (χ1) is 6.11. The molecule has 0 saturated carbocycles. The molecular formula is C8H7F2IO2. The zero-order valence-corrected chi connectivity index (χ0v) is 8.93. The number of aliphatic hydroxyl groups excluding tert-OH is 1. The Morgan fingerprint density at radius 1 is 1.46 bits per heavy atom. The number of benzene rings is 1. The molecule has 0 aliphatic carbocycles. The van der Waals surface area contributed by atoms with Crippen LogP contribution in [0, 0.1) is 15.2 Å². The van der Waals surface area contributed by atoms with Crippen LogP contribution in [0.25, 0.3) is 0 Å². The van der Waals surface area contributed by atoms with E-state index in [4.69, 9.17) is 5.11 Å². The predicted molar refractivity (Wildman–Crippen MR) is 51.5 cm³/mol. The third-order valence-electron chi connectivity index (χ3n) is 1.57. The predicted octanol–water partition coefficient (Wildman–Crippen LogP) is 2.07. The van der Waals surface area contributed by atoms with Crippen LogP contribution in [0.3, 0.4) is 0 Å². The van der Waals surface area contributed by atoms with Crippen LogP contribution in [-0.2, 0) is 6.61 Å². The van der Waals surface area contributed by atoms with Crippen molar-refractivity contribution in [2.24, 2.45) is 0 Å². The van der Waals surface area contributed by atoms with E-state index in [-0.39, 0.29) is 9.13 Å². The average molecular weight is 300 g/mol. The van der Waals surface area contributed by atoms with Gasteiger partial charge in [0.15, 0.2) is 17.4 Å². The summed E-state index contributed by atoms with van der Waals surface area (Å²) in [6, 6.07) is 1.24. The highest BCUT2D eigenvalue weighted by molar-refractivity contribution is 14.1. The Morgan fingerprint density at radius 2 is 2.08 bits per heavy atom. The first-order valence-electron chi connectivity index (χ1n) is 3.43. The normalized spacial score (nSPS) is 10.2. The molecule has 0 atom stereocenters. The van der Waals surface area contributed by atoms with E-state index in [9.17, 15) is 8.78 Å². The third-order valence-corrected chi connectivity index (χ3v) is 2.35. The fourth-order valence-electron chi connectivity index (χ4n) is 0.925. The van der Waals surface area contributed by atoms with E-state index in [2.05, 4.69) is 4.74 Å². The molecule has 1 aromatic carbocycles. The lowest BCUT2D eigenvalue weighted by molar-refractivity contribution is 0.270. The SMILES string of the molecule is COc1c(F)c(I)cc(CO)c1F. The van der Waals surface area contributed by atoms with Gasteiger partial charge in [0.25, 0.3) is 0 Å². The van der Waals surface area contributed by atoms with Crippen molar-refractivity contribution in [3.63, 3.8) is 0 Å². The van der Waals surface area contributed by atoms with Crippen molar-refractivity contribution >= 4 is 22.6 Å². The van der Waals surface area contributed by atoms with Crippen molar-refractivity contribution in [2.75, 3.05) is 7.11 Å². The minimum Gasteiger partial charge on any atom is -0.491 e. The average Bonchev–Trinajstić information content (AvgIpc) is 2.12. The lowest BCUT2D eigenvalue weighted by Gasteiger charge is -2.08. The Labute approximate surface area is 87.7 Å². The number of methoxy groups -OCH3 is 1. The van der Waals surface area contributed by atoms with Crippen LogP contribution in [0.2, 0.25) is 0 Å². The van der Waals surface area contributed by atoms with Crippen molar-refractivity contribution < 1.29 is 18.6 Å².